The number of aryl methyl sites for hydroxylation is 8. The van der Waals surface area contributed by atoms with Crippen LogP contribution in [-0.4, -0.2) is 179 Å². The number of pyridine rings is 1. The molecule has 12 rings (SSSR count). The van der Waals surface area contributed by atoms with Gasteiger partial charge in [-0.3, -0.25) is 28.3 Å². The highest BCUT2D eigenvalue weighted by molar-refractivity contribution is 5.45. The molecule has 8 aromatic rings. The summed E-state index contributed by atoms with van der Waals surface area (Å²) in [7, 11) is 0. The first-order valence-electron chi connectivity index (χ1n) is 27.7. The number of aromatic nitrogens is 15. The summed E-state index contributed by atoms with van der Waals surface area (Å²) in [5, 5.41) is 8.38. The van der Waals surface area contributed by atoms with Gasteiger partial charge in [0, 0.05) is 99.4 Å². The molecule has 0 unspecified atom stereocenters. The van der Waals surface area contributed by atoms with Gasteiger partial charge in [0.1, 0.15) is 34.9 Å². The summed E-state index contributed by atoms with van der Waals surface area (Å²) in [6, 6.07) is 13.5. The predicted molar refractivity (Wildman–Crippen MR) is 314 cm³/mol. The van der Waals surface area contributed by atoms with E-state index in [0.29, 0.717) is 103 Å². The lowest BCUT2D eigenvalue weighted by Gasteiger charge is -2.27. The quantitative estimate of drug-likeness (QED) is 0.211. The number of rotatable bonds is 8. The van der Waals surface area contributed by atoms with Crippen LogP contribution in [0.15, 0.2) is 98.7 Å². The summed E-state index contributed by atoms with van der Waals surface area (Å²) < 4.78 is 27.3. The summed E-state index contributed by atoms with van der Waals surface area (Å²) in [6.07, 6.45) is 8.32. The molecule has 4 fully saturated rings. The lowest BCUT2D eigenvalue weighted by Crippen LogP contribution is -2.37. The zero-order valence-corrected chi connectivity index (χ0v) is 48.6. The van der Waals surface area contributed by atoms with Crippen molar-refractivity contribution in [3.05, 3.63) is 167 Å². The number of anilines is 4. The van der Waals surface area contributed by atoms with E-state index in [4.69, 9.17) is 18.9 Å². The van der Waals surface area contributed by atoms with E-state index in [0.717, 1.165) is 94.4 Å². The molecule has 12 heterocycles. The minimum Gasteiger partial charge on any atom is -0.378 e. The van der Waals surface area contributed by atoms with Crippen LogP contribution in [0.5, 0.6) is 0 Å². The number of nitrogens with zero attached hydrogens (tertiary/aromatic N) is 19. The predicted octanol–water partition coefficient (Wildman–Crippen LogP) is 2.51. The van der Waals surface area contributed by atoms with E-state index in [1.165, 1.54) is 38.0 Å². The van der Waals surface area contributed by atoms with Crippen molar-refractivity contribution in [1.82, 2.24) is 73.3 Å². The molecular formula is C57H69N19O8. The molecule has 0 aliphatic carbocycles. The van der Waals surface area contributed by atoms with Crippen LogP contribution in [-0.2, 0) is 18.9 Å². The molecule has 0 saturated carbocycles. The molecule has 4 aliphatic rings. The third kappa shape index (κ3) is 14.9. The van der Waals surface area contributed by atoms with Crippen molar-refractivity contribution in [3.8, 4) is 23.0 Å². The highest BCUT2D eigenvalue weighted by Gasteiger charge is 2.19. The maximum atomic E-state index is 12.1. The second-order valence-corrected chi connectivity index (χ2v) is 20.0. The van der Waals surface area contributed by atoms with Crippen LogP contribution in [0.1, 0.15) is 46.1 Å². The van der Waals surface area contributed by atoms with Gasteiger partial charge < -0.3 is 38.5 Å². The van der Waals surface area contributed by atoms with E-state index in [2.05, 4.69) is 74.7 Å². The first kappa shape index (κ1) is 59.6. The highest BCUT2D eigenvalue weighted by Crippen LogP contribution is 2.18. The van der Waals surface area contributed by atoms with Gasteiger partial charge in [-0.2, -0.15) is 0 Å². The Hall–Kier alpha value is -9.05. The summed E-state index contributed by atoms with van der Waals surface area (Å²) in [4.78, 5) is 96.0. The first-order chi connectivity index (χ1) is 40.6. The highest BCUT2D eigenvalue weighted by atomic mass is 16.5. The van der Waals surface area contributed by atoms with Crippen LogP contribution in [0.4, 0.5) is 23.4 Å². The molecule has 0 bridgehead atoms. The molecule has 4 aliphatic heterocycles. The van der Waals surface area contributed by atoms with Gasteiger partial charge in [0.25, 0.3) is 22.2 Å². The molecule has 0 N–H and O–H groups in total. The summed E-state index contributed by atoms with van der Waals surface area (Å²) in [5.74, 6) is 6.65. The molecule has 27 nitrogen and oxygen atoms in total. The van der Waals surface area contributed by atoms with Crippen LogP contribution >= 0.6 is 0 Å². The van der Waals surface area contributed by atoms with Crippen molar-refractivity contribution in [1.29, 1.82) is 0 Å². The summed E-state index contributed by atoms with van der Waals surface area (Å²) >= 11 is 0. The molecule has 4 saturated heterocycles. The SMILES string of the molecule is Cc1cc(=O)n(-c2ccc(N3CCOCC3)nc2)c(C)n1.Cc1cc(=O)n(-c2ccc(N3CCOCC3)nn2)c(C)n1.Cc1cc(=O)n(-c2cnc(N3CCOCC3)cn2)c(C)n1.Cc1cc(=O)n(-c2cnc(N3CCOCC3)nc2)c(C)n1. The molecule has 0 amide bonds. The van der Waals surface area contributed by atoms with Gasteiger partial charge in [0.15, 0.2) is 17.5 Å². The van der Waals surface area contributed by atoms with Crippen molar-refractivity contribution in [2.24, 2.45) is 0 Å². The van der Waals surface area contributed by atoms with Crippen LogP contribution < -0.4 is 41.8 Å². The number of morpholine rings is 4. The maximum absolute atomic E-state index is 12.1. The average Bonchev–Trinajstić information content (AvgIpc) is 3.68. The Labute approximate surface area is 484 Å². The number of hydrogen-bond acceptors (Lipinski definition) is 23. The zero-order valence-electron chi connectivity index (χ0n) is 48.6. The lowest BCUT2D eigenvalue weighted by molar-refractivity contribution is 0.122. The zero-order chi connectivity index (χ0) is 59.3. The third-order valence-corrected chi connectivity index (χ3v) is 13.7. The fourth-order valence-corrected chi connectivity index (χ4v) is 9.78. The third-order valence-electron chi connectivity index (χ3n) is 13.7. The molecule has 0 radical (unpaired) electrons. The Morgan fingerprint density at radius 3 is 1.04 bits per heavy atom. The van der Waals surface area contributed by atoms with E-state index in [1.54, 1.807) is 83.2 Å². The monoisotopic (exact) mass is 1150 g/mol. The van der Waals surface area contributed by atoms with Crippen molar-refractivity contribution in [2.75, 3.05) is 125 Å². The molecule has 0 spiro atoms. The molecule has 0 atom stereocenters. The second kappa shape index (κ2) is 27.8. The van der Waals surface area contributed by atoms with E-state index in [-0.39, 0.29) is 22.2 Å². The Morgan fingerprint density at radius 1 is 0.321 bits per heavy atom. The van der Waals surface area contributed by atoms with Gasteiger partial charge in [0.2, 0.25) is 5.95 Å². The molecule has 27 heteroatoms. The summed E-state index contributed by atoms with van der Waals surface area (Å²) in [5.41, 5.74) is 3.71. The average molecular weight is 1150 g/mol. The van der Waals surface area contributed by atoms with E-state index in [1.807, 2.05) is 32.0 Å². The van der Waals surface area contributed by atoms with E-state index in [9.17, 15) is 19.2 Å². The van der Waals surface area contributed by atoms with Gasteiger partial charge in [-0.05, 0) is 79.7 Å². The van der Waals surface area contributed by atoms with Gasteiger partial charge in [-0.15, -0.1) is 10.2 Å². The van der Waals surface area contributed by atoms with Crippen molar-refractivity contribution in [2.45, 2.75) is 55.4 Å². The van der Waals surface area contributed by atoms with Gasteiger partial charge >= 0.3 is 0 Å². The Morgan fingerprint density at radius 2 is 0.643 bits per heavy atom. The first-order valence-corrected chi connectivity index (χ1v) is 27.7. The topological polar surface area (TPSA) is 280 Å². The molecule has 0 aromatic carbocycles. The molecule has 84 heavy (non-hydrogen) atoms. The number of ether oxygens (including phenoxy) is 4. The standard InChI is InChI=1S/C15H18N4O2.3C14H17N5O2/c1-11-9-15(20)19(12(2)17-11)13-3-4-14(16-10-13)18-5-7-21-8-6-18;1-10-7-14(20)19(11(2)17-10)13-9-15-12(8-16-13)18-3-5-21-6-4-18;1-10-7-13(20)19(11(2)17-10)12-8-15-14(16-9-12)18-3-5-21-6-4-18;1-10-9-14(20)19(11(2)15-10)13-4-3-12(16-17-13)18-5-7-21-8-6-18/h3-4,9-10H,5-8H2,1-2H3;2*7-9H,3-6H2,1-2H3;3-4,9H,5-8H2,1-2H3. The van der Waals surface area contributed by atoms with Gasteiger partial charge in [0.05, 0.1) is 95.2 Å². The minimum absolute atomic E-state index is 0.0825. The summed E-state index contributed by atoms with van der Waals surface area (Å²) in [6.45, 7) is 26.5. The molecule has 440 valence electrons. The van der Waals surface area contributed by atoms with Crippen LogP contribution in [0.2, 0.25) is 0 Å². The smallest absolute Gasteiger partial charge is 0.259 e. The lowest BCUT2D eigenvalue weighted by atomic mass is 10.3. The van der Waals surface area contributed by atoms with Gasteiger partial charge in [-0.25, -0.2) is 54.0 Å². The van der Waals surface area contributed by atoms with Crippen molar-refractivity contribution < 1.29 is 18.9 Å². The Kier molecular flexibility index (Phi) is 19.7. The van der Waals surface area contributed by atoms with Crippen LogP contribution in [0.25, 0.3) is 23.0 Å². The second-order valence-electron chi connectivity index (χ2n) is 20.0. The Bertz CT molecular complexity index is 3250. The molecule has 8 aromatic heterocycles. The van der Waals surface area contributed by atoms with Crippen LogP contribution in [0, 0.1) is 55.4 Å². The van der Waals surface area contributed by atoms with E-state index < -0.39 is 0 Å². The van der Waals surface area contributed by atoms with Gasteiger partial charge in [-0.1, -0.05) is 0 Å². The fourth-order valence-electron chi connectivity index (χ4n) is 9.78. The normalized spacial score (nSPS) is 15.2. The largest absolute Gasteiger partial charge is 0.378 e. The molecular weight excluding hydrogens is 1080 g/mol. The fraction of sp³-hybridized carbons (Fsp3) is 0.421. The Balaban J connectivity index is 0.000000134. The minimum atomic E-state index is -0.145. The number of hydrogen-bond donors (Lipinski definition) is 0. The maximum Gasteiger partial charge on any atom is 0.259 e. The van der Waals surface area contributed by atoms with Crippen molar-refractivity contribution >= 4 is 23.4 Å². The van der Waals surface area contributed by atoms with Crippen molar-refractivity contribution in [3.63, 3.8) is 0 Å². The van der Waals surface area contributed by atoms with Crippen LogP contribution in [0.3, 0.4) is 0 Å². The van der Waals surface area contributed by atoms with E-state index >= 15 is 0 Å².